The van der Waals surface area contributed by atoms with E-state index in [1.54, 1.807) is 9.36 Å². The Balaban J connectivity index is 2.05. The molecule has 2 N–H and O–H groups in total. The number of hydrogen-bond acceptors (Lipinski definition) is 2. The summed E-state index contributed by atoms with van der Waals surface area (Å²) in [4.78, 5) is 27.2. The van der Waals surface area contributed by atoms with Gasteiger partial charge >= 0.3 is 0 Å². The highest BCUT2D eigenvalue weighted by atomic mass is 79.9. The van der Waals surface area contributed by atoms with Gasteiger partial charge in [0.05, 0.1) is 11.1 Å². The zero-order valence-corrected chi connectivity index (χ0v) is 22.6. The molecule has 186 valence electrons. The Morgan fingerprint density at radius 3 is 1.59 bits per heavy atom. The number of nitrogens with one attached hydrogen (secondary N) is 2. The van der Waals surface area contributed by atoms with Crippen LogP contribution in [0.3, 0.4) is 0 Å². The first-order valence-electron chi connectivity index (χ1n) is 12.7. The summed E-state index contributed by atoms with van der Waals surface area (Å²) in [5.41, 5.74) is 3.85. The van der Waals surface area contributed by atoms with E-state index in [1.807, 2.05) is 38.1 Å². The van der Waals surface area contributed by atoms with Crippen molar-refractivity contribution >= 4 is 15.9 Å². The van der Waals surface area contributed by atoms with Crippen LogP contribution in [0.25, 0.3) is 0 Å². The fraction of sp³-hybridized carbons (Fsp3) is 0.556. The van der Waals surface area contributed by atoms with Crippen molar-refractivity contribution in [1.29, 1.82) is 0 Å². The molecule has 3 aromatic rings. The summed E-state index contributed by atoms with van der Waals surface area (Å²) < 4.78 is 4.41. The zero-order chi connectivity index (χ0) is 24.7. The van der Waals surface area contributed by atoms with Gasteiger partial charge in [0.15, 0.2) is 0 Å². The molecule has 34 heavy (non-hydrogen) atoms. The second-order valence-corrected chi connectivity index (χ2v) is 10.2. The van der Waals surface area contributed by atoms with E-state index in [4.69, 9.17) is 0 Å². The summed E-state index contributed by atoms with van der Waals surface area (Å²) in [6, 6.07) is 7.95. The quantitative estimate of drug-likeness (QED) is 0.251. The van der Waals surface area contributed by atoms with Crippen molar-refractivity contribution in [3.8, 4) is 0 Å². The molecule has 0 aliphatic rings. The third-order valence-corrected chi connectivity index (χ3v) is 7.14. The largest absolute Gasteiger partial charge is 0.300 e. The zero-order valence-electron chi connectivity index (χ0n) is 21.0. The molecular formula is C27H39BrN4O2. The second kappa shape index (κ2) is 12.4. The van der Waals surface area contributed by atoms with E-state index in [2.05, 4.69) is 40.0 Å². The fourth-order valence-electron chi connectivity index (χ4n) is 4.76. The minimum Gasteiger partial charge on any atom is -0.300 e. The summed E-state index contributed by atoms with van der Waals surface area (Å²) >= 11 is 3.51. The Morgan fingerprint density at radius 1 is 0.735 bits per heavy atom. The lowest BCUT2D eigenvalue weighted by Crippen LogP contribution is -2.26. The van der Waals surface area contributed by atoms with Crippen molar-refractivity contribution in [3.63, 3.8) is 0 Å². The summed E-state index contributed by atoms with van der Waals surface area (Å²) in [6.07, 6.45) is 8.79. The molecular weight excluding hydrogens is 492 g/mol. The fourth-order valence-corrected chi connectivity index (χ4v) is 5.02. The molecule has 0 fully saturated rings. The molecule has 0 radical (unpaired) electrons. The first-order chi connectivity index (χ1) is 16.4. The third-order valence-electron chi connectivity index (χ3n) is 6.62. The van der Waals surface area contributed by atoms with Crippen LogP contribution in [0.4, 0.5) is 0 Å². The molecule has 2 heterocycles. The SMILES string of the molecule is CCCCCCn1[nH]c(C)c(C(c2ccc(Br)cc2)c2c(C)[nH]n(CCCCCC)c2=O)c1=O. The lowest BCUT2D eigenvalue weighted by molar-refractivity contribution is 0.526. The van der Waals surface area contributed by atoms with Crippen molar-refractivity contribution in [2.24, 2.45) is 0 Å². The minimum absolute atomic E-state index is 0.0311. The van der Waals surface area contributed by atoms with E-state index in [-0.39, 0.29) is 11.1 Å². The summed E-state index contributed by atoms with van der Waals surface area (Å²) in [7, 11) is 0. The van der Waals surface area contributed by atoms with E-state index in [1.165, 1.54) is 12.8 Å². The van der Waals surface area contributed by atoms with Gasteiger partial charge in [-0.15, -0.1) is 0 Å². The molecule has 0 atom stereocenters. The van der Waals surface area contributed by atoms with Crippen LogP contribution in [-0.4, -0.2) is 19.6 Å². The van der Waals surface area contributed by atoms with E-state index in [0.717, 1.165) is 59.9 Å². The third kappa shape index (κ3) is 6.04. The molecule has 2 aromatic heterocycles. The number of rotatable bonds is 13. The predicted octanol–water partition coefficient (Wildman–Crippen LogP) is 6.39. The van der Waals surface area contributed by atoms with Gasteiger partial charge in [0.25, 0.3) is 11.1 Å². The Hall–Kier alpha value is -2.28. The van der Waals surface area contributed by atoms with Crippen LogP contribution in [-0.2, 0) is 13.1 Å². The highest BCUT2D eigenvalue weighted by Crippen LogP contribution is 2.32. The van der Waals surface area contributed by atoms with Gasteiger partial charge in [-0.1, -0.05) is 80.4 Å². The standard InChI is InChI=1S/C27H39BrN4O2/c1-5-7-9-11-17-31-26(33)23(19(3)29-31)25(21-13-15-22(28)16-14-21)24-20(4)30-32(27(24)34)18-12-10-8-6-2/h13-16,25,29-30H,5-12,17-18H2,1-4H3. The average molecular weight is 532 g/mol. The molecule has 7 heteroatoms. The van der Waals surface area contributed by atoms with E-state index in [0.29, 0.717) is 24.2 Å². The predicted molar refractivity (Wildman–Crippen MR) is 143 cm³/mol. The molecule has 3 rings (SSSR count). The molecule has 0 amide bonds. The molecule has 0 aliphatic carbocycles. The topological polar surface area (TPSA) is 75.6 Å². The first-order valence-corrected chi connectivity index (χ1v) is 13.5. The van der Waals surface area contributed by atoms with Crippen LogP contribution < -0.4 is 11.1 Å². The Kier molecular flexibility index (Phi) is 9.63. The van der Waals surface area contributed by atoms with Gasteiger partial charge in [0.2, 0.25) is 0 Å². The van der Waals surface area contributed by atoms with Crippen LogP contribution in [0.15, 0.2) is 38.3 Å². The maximum atomic E-state index is 13.6. The van der Waals surface area contributed by atoms with Crippen molar-refractivity contribution in [3.05, 3.63) is 77.5 Å². The number of hydrogen-bond donors (Lipinski definition) is 2. The average Bonchev–Trinajstić information content (AvgIpc) is 3.25. The molecule has 0 unspecified atom stereocenters. The van der Waals surface area contributed by atoms with Crippen LogP contribution in [0.1, 0.15) is 99.2 Å². The lowest BCUT2D eigenvalue weighted by atomic mass is 9.85. The van der Waals surface area contributed by atoms with Crippen LogP contribution in [0.5, 0.6) is 0 Å². The Bertz CT molecular complexity index is 1100. The lowest BCUT2D eigenvalue weighted by Gasteiger charge is -2.16. The second-order valence-electron chi connectivity index (χ2n) is 9.32. The number of H-pyrrole nitrogens is 2. The highest BCUT2D eigenvalue weighted by Gasteiger charge is 2.30. The van der Waals surface area contributed by atoms with Gasteiger partial charge in [0, 0.05) is 34.9 Å². The van der Waals surface area contributed by atoms with Gasteiger partial charge in [-0.3, -0.25) is 29.2 Å². The monoisotopic (exact) mass is 530 g/mol. The van der Waals surface area contributed by atoms with E-state index < -0.39 is 5.92 Å². The van der Waals surface area contributed by atoms with Crippen LogP contribution >= 0.6 is 15.9 Å². The van der Waals surface area contributed by atoms with Gasteiger partial charge in [-0.05, 0) is 44.4 Å². The van der Waals surface area contributed by atoms with Crippen molar-refractivity contribution < 1.29 is 0 Å². The summed E-state index contributed by atoms with van der Waals surface area (Å²) in [6.45, 7) is 9.58. The van der Waals surface area contributed by atoms with Crippen LogP contribution in [0, 0.1) is 13.8 Å². The van der Waals surface area contributed by atoms with Gasteiger partial charge in [0.1, 0.15) is 0 Å². The van der Waals surface area contributed by atoms with Crippen molar-refractivity contribution in [2.45, 2.75) is 98.1 Å². The molecule has 0 saturated carbocycles. The number of halogens is 1. The van der Waals surface area contributed by atoms with E-state index >= 15 is 0 Å². The van der Waals surface area contributed by atoms with Crippen LogP contribution in [0.2, 0.25) is 0 Å². The van der Waals surface area contributed by atoms with Crippen molar-refractivity contribution in [1.82, 2.24) is 19.6 Å². The summed E-state index contributed by atoms with van der Waals surface area (Å²) in [5, 5.41) is 6.58. The van der Waals surface area contributed by atoms with Gasteiger partial charge in [-0.2, -0.15) is 0 Å². The number of benzene rings is 1. The summed E-state index contributed by atoms with van der Waals surface area (Å²) in [5.74, 6) is -0.422. The van der Waals surface area contributed by atoms with Crippen molar-refractivity contribution in [2.75, 3.05) is 0 Å². The molecule has 0 aliphatic heterocycles. The van der Waals surface area contributed by atoms with E-state index in [9.17, 15) is 9.59 Å². The molecule has 1 aromatic carbocycles. The molecule has 0 spiro atoms. The Morgan fingerprint density at radius 2 is 1.18 bits per heavy atom. The number of aromatic nitrogens is 4. The number of nitrogens with zero attached hydrogens (tertiary/aromatic N) is 2. The maximum absolute atomic E-state index is 13.6. The van der Waals surface area contributed by atoms with Gasteiger partial charge in [-0.25, -0.2) is 0 Å². The molecule has 0 saturated heterocycles. The van der Waals surface area contributed by atoms with Gasteiger partial charge < -0.3 is 0 Å². The molecule has 6 nitrogen and oxygen atoms in total. The normalized spacial score (nSPS) is 11.6. The first kappa shape index (κ1) is 26.3. The number of unbranched alkanes of at least 4 members (excludes halogenated alkanes) is 6. The highest BCUT2D eigenvalue weighted by molar-refractivity contribution is 9.10. The number of aryl methyl sites for hydroxylation is 4. The minimum atomic E-state index is -0.422. The Labute approximate surface area is 210 Å². The smallest absolute Gasteiger partial charge is 0.270 e. The molecule has 0 bridgehead atoms. The number of aromatic amines is 2. The maximum Gasteiger partial charge on any atom is 0.270 e.